The fourth-order valence-corrected chi connectivity index (χ4v) is 1.13. The third-order valence-electron chi connectivity index (χ3n) is 2.15. The first kappa shape index (κ1) is 8.97. The van der Waals surface area contributed by atoms with Gasteiger partial charge < -0.3 is 0 Å². The van der Waals surface area contributed by atoms with Crippen LogP contribution in [0.4, 0.5) is 0 Å². The van der Waals surface area contributed by atoms with Crippen molar-refractivity contribution >= 4 is 6.29 Å². The zero-order valence-corrected chi connectivity index (χ0v) is 7.74. The van der Waals surface area contributed by atoms with Crippen LogP contribution in [-0.2, 0) is 0 Å². The van der Waals surface area contributed by atoms with E-state index in [2.05, 4.69) is 18.9 Å². The Bertz CT molecular complexity index is 278. The molecule has 3 nitrogen and oxygen atoms in total. The number of rotatable bonds is 3. The van der Waals surface area contributed by atoms with Crippen LogP contribution in [0, 0.1) is 6.92 Å². The third-order valence-corrected chi connectivity index (χ3v) is 2.15. The molecule has 0 saturated heterocycles. The SMILES string of the molecule is CCC(C)n1ncc(C)c1C=O. The predicted octanol–water partition coefficient (Wildman–Crippen LogP) is 1.98. The molecular formula is C9H14N2O. The number of carbonyl (C=O) groups is 1. The first-order valence-corrected chi connectivity index (χ1v) is 4.20. The Morgan fingerprint density at radius 3 is 2.92 bits per heavy atom. The average Bonchev–Trinajstić information content (AvgIpc) is 2.45. The molecule has 66 valence electrons. The van der Waals surface area contributed by atoms with Crippen LogP contribution < -0.4 is 0 Å². The molecule has 3 heteroatoms. The molecule has 0 fully saturated rings. The van der Waals surface area contributed by atoms with Crippen LogP contribution in [0.25, 0.3) is 0 Å². The first-order valence-electron chi connectivity index (χ1n) is 4.20. The lowest BCUT2D eigenvalue weighted by Gasteiger charge is -2.10. The van der Waals surface area contributed by atoms with Gasteiger partial charge in [-0.15, -0.1) is 0 Å². The summed E-state index contributed by atoms with van der Waals surface area (Å²) in [4.78, 5) is 10.7. The molecule has 1 atom stereocenters. The van der Waals surface area contributed by atoms with Crippen LogP contribution in [0.3, 0.4) is 0 Å². The van der Waals surface area contributed by atoms with E-state index >= 15 is 0 Å². The highest BCUT2D eigenvalue weighted by Crippen LogP contribution is 2.13. The van der Waals surface area contributed by atoms with Crippen molar-refractivity contribution in [3.05, 3.63) is 17.5 Å². The summed E-state index contributed by atoms with van der Waals surface area (Å²) in [7, 11) is 0. The Balaban J connectivity index is 3.06. The number of hydrogen-bond acceptors (Lipinski definition) is 2. The van der Waals surface area contributed by atoms with Crippen molar-refractivity contribution in [3.8, 4) is 0 Å². The molecular weight excluding hydrogens is 152 g/mol. The van der Waals surface area contributed by atoms with Gasteiger partial charge in [0.1, 0.15) is 5.69 Å². The zero-order valence-electron chi connectivity index (χ0n) is 7.74. The Morgan fingerprint density at radius 2 is 2.42 bits per heavy atom. The fraction of sp³-hybridized carbons (Fsp3) is 0.556. The second-order valence-corrected chi connectivity index (χ2v) is 3.03. The molecule has 12 heavy (non-hydrogen) atoms. The van der Waals surface area contributed by atoms with Gasteiger partial charge in [0, 0.05) is 6.04 Å². The lowest BCUT2D eigenvalue weighted by Crippen LogP contribution is -2.09. The van der Waals surface area contributed by atoms with Crippen LogP contribution in [0.1, 0.15) is 42.4 Å². The summed E-state index contributed by atoms with van der Waals surface area (Å²) >= 11 is 0. The number of aromatic nitrogens is 2. The topological polar surface area (TPSA) is 34.9 Å². The molecule has 0 N–H and O–H groups in total. The van der Waals surface area contributed by atoms with Gasteiger partial charge in [-0.1, -0.05) is 6.92 Å². The minimum Gasteiger partial charge on any atom is -0.296 e. The second kappa shape index (κ2) is 3.52. The predicted molar refractivity (Wildman–Crippen MR) is 47.4 cm³/mol. The van der Waals surface area contributed by atoms with Gasteiger partial charge in [-0.3, -0.25) is 9.48 Å². The Hall–Kier alpha value is -1.12. The lowest BCUT2D eigenvalue weighted by atomic mass is 10.2. The molecule has 0 radical (unpaired) electrons. The highest BCUT2D eigenvalue weighted by Gasteiger charge is 2.10. The smallest absolute Gasteiger partial charge is 0.168 e. The van der Waals surface area contributed by atoms with E-state index in [1.54, 1.807) is 10.9 Å². The molecule has 1 aromatic heterocycles. The van der Waals surface area contributed by atoms with Crippen molar-refractivity contribution in [2.45, 2.75) is 33.2 Å². The Morgan fingerprint density at radius 1 is 1.75 bits per heavy atom. The molecule has 1 heterocycles. The van der Waals surface area contributed by atoms with Gasteiger partial charge >= 0.3 is 0 Å². The molecule has 0 saturated carbocycles. The van der Waals surface area contributed by atoms with Crippen LogP contribution in [0.15, 0.2) is 6.20 Å². The highest BCUT2D eigenvalue weighted by molar-refractivity contribution is 5.74. The van der Waals surface area contributed by atoms with E-state index in [9.17, 15) is 4.79 Å². The molecule has 1 unspecified atom stereocenters. The molecule has 0 spiro atoms. The van der Waals surface area contributed by atoms with Crippen molar-refractivity contribution in [2.75, 3.05) is 0 Å². The number of aldehydes is 1. The summed E-state index contributed by atoms with van der Waals surface area (Å²) in [6.07, 6.45) is 3.59. The Kier molecular flexibility index (Phi) is 2.63. The van der Waals surface area contributed by atoms with Gasteiger partial charge in [0.25, 0.3) is 0 Å². The fourth-order valence-electron chi connectivity index (χ4n) is 1.13. The van der Waals surface area contributed by atoms with Crippen molar-refractivity contribution in [1.29, 1.82) is 0 Å². The maximum atomic E-state index is 10.7. The first-order chi connectivity index (χ1) is 5.70. The molecule has 1 aromatic rings. The van der Waals surface area contributed by atoms with Crippen molar-refractivity contribution in [3.63, 3.8) is 0 Å². The molecule has 0 aliphatic rings. The number of aryl methyl sites for hydroxylation is 1. The second-order valence-electron chi connectivity index (χ2n) is 3.03. The lowest BCUT2D eigenvalue weighted by molar-refractivity contribution is 0.111. The number of carbonyl (C=O) groups excluding carboxylic acids is 1. The summed E-state index contributed by atoms with van der Waals surface area (Å²) in [6.45, 7) is 6.03. The molecule has 0 aliphatic heterocycles. The van der Waals surface area contributed by atoms with Gasteiger partial charge in [0.15, 0.2) is 6.29 Å². The number of hydrogen-bond donors (Lipinski definition) is 0. The summed E-state index contributed by atoms with van der Waals surface area (Å²) in [6, 6.07) is 0.305. The van der Waals surface area contributed by atoms with Crippen LogP contribution in [0.5, 0.6) is 0 Å². The van der Waals surface area contributed by atoms with Gasteiger partial charge in [-0.05, 0) is 25.8 Å². The van der Waals surface area contributed by atoms with E-state index in [1.165, 1.54) is 0 Å². The monoisotopic (exact) mass is 166 g/mol. The molecule has 0 aliphatic carbocycles. The van der Waals surface area contributed by atoms with Gasteiger partial charge in [-0.25, -0.2) is 0 Å². The summed E-state index contributed by atoms with van der Waals surface area (Å²) in [5, 5.41) is 4.14. The van der Waals surface area contributed by atoms with Gasteiger partial charge in [-0.2, -0.15) is 5.10 Å². The minimum absolute atomic E-state index is 0.305. The van der Waals surface area contributed by atoms with Crippen LogP contribution in [-0.4, -0.2) is 16.1 Å². The van der Waals surface area contributed by atoms with Crippen molar-refractivity contribution < 1.29 is 4.79 Å². The molecule has 0 bridgehead atoms. The summed E-state index contributed by atoms with van der Waals surface area (Å²) in [5.74, 6) is 0. The summed E-state index contributed by atoms with van der Waals surface area (Å²) < 4.78 is 1.78. The van der Waals surface area contributed by atoms with E-state index in [4.69, 9.17) is 0 Å². The van der Waals surface area contributed by atoms with E-state index in [-0.39, 0.29) is 0 Å². The Labute approximate surface area is 72.4 Å². The van der Waals surface area contributed by atoms with Gasteiger partial charge in [0.05, 0.1) is 6.20 Å². The van der Waals surface area contributed by atoms with Gasteiger partial charge in [0.2, 0.25) is 0 Å². The van der Waals surface area contributed by atoms with Crippen LogP contribution in [0.2, 0.25) is 0 Å². The van der Waals surface area contributed by atoms with E-state index in [1.807, 2.05) is 6.92 Å². The molecule has 0 amide bonds. The minimum atomic E-state index is 0.305. The van der Waals surface area contributed by atoms with Crippen molar-refractivity contribution in [2.24, 2.45) is 0 Å². The van der Waals surface area contributed by atoms with Crippen LogP contribution >= 0.6 is 0 Å². The normalized spacial score (nSPS) is 12.9. The number of nitrogens with zero attached hydrogens (tertiary/aromatic N) is 2. The molecule has 0 aromatic carbocycles. The third kappa shape index (κ3) is 1.40. The maximum Gasteiger partial charge on any atom is 0.168 e. The quantitative estimate of drug-likeness (QED) is 0.643. The van der Waals surface area contributed by atoms with E-state index < -0.39 is 0 Å². The average molecular weight is 166 g/mol. The zero-order chi connectivity index (χ0) is 9.14. The van der Waals surface area contributed by atoms with Crippen molar-refractivity contribution in [1.82, 2.24) is 9.78 Å². The standard InChI is InChI=1S/C9H14N2O/c1-4-8(3)11-9(6-12)7(2)5-10-11/h5-6,8H,4H2,1-3H3. The largest absolute Gasteiger partial charge is 0.296 e. The summed E-state index contributed by atoms with van der Waals surface area (Å²) in [5.41, 5.74) is 1.65. The molecule has 1 rings (SSSR count). The highest BCUT2D eigenvalue weighted by atomic mass is 16.1. The van der Waals surface area contributed by atoms with E-state index in [0.29, 0.717) is 11.7 Å². The van der Waals surface area contributed by atoms with E-state index in [0.717, 1.165) is 18.3 Å². The maximum absolute atomic E-state index is 10.7.